The average molecular weight is 239 g/mol. The van der Waals surface area contributed by atoms with Gasteiger partial charge in [-0.05, 0) is 41.8 Å². The highest BCUT2D eigenvalue weighted by Gasteiger charge is 2.03. The fraction of sp³-hybridized carbons (Fsp3) is 0.125. The third-order valence-corrected chi connectivity index (χ3v) is 2.79. The highest BCUT2D eigenvalue weighted by molar-refractivity contribution is 5.67. The van der Waals surface area contributed by atoms with E-state index in [1.807, 2.05) is 37.3 Å². The third kappa shape index (κ3) is 2.72. The smallest absolute Gasteiger partial charge is 0.123 e. The van der Waals surface area contributed by atoms with Crippen LogP contribution in [0.3, 0.4) is 0 Å². The van der Waals surface area contributed by atoms with Crippen molar-refractivity contribution in [2.75, 3.05) is 12.3 Å². The lowest BCUT2D eigenvalue weighted by molar-refractivity contribution is 0.361. The zero-order chi connectivity index (χ0) is 13.0. The molecule has 0 aliphatic rings. The van der Waals surface area contributed by atoms with Gasteiger partial charge in [-0.15, -0.1) is 0 Å². The summed E-state index contributed by atoms with van der Waals surface area (Å²) in [4.78, 5) is 0. The maximum Gasteiger partial charge on any atom is 0.123 e. The van der Waals surface area contributed by atoms with Crippen molar-refractivity contribution < 1.29 is 4.74 Å². The molecule has 0 aliphatic carbocycles. The molecule has 0 aromatic heterocycles. The van der Waals surface area contributed by atoms with Gasteiger partial charge in [-0.2, -0.15) is 0 Å². The van der Waals surface area contributed by atoms with E-state index >= 15 is 0 Å². The van der Waals surface area contributed by atoms with Gasteiger partial charge in [-0.3, -0.25) is 0 Å². The summed E-state index contributed by atoms with van der Waals surface area (Å²) in [5.74, 6) is 0.893. The van der Waals surface area contributed by atoms with Crippen LogP contribution in [0.25, 0.3) is 11.1 Å². The van der Waals surface area contributed by atoms with Gasteiger partial charge in [-0.25, -0.2) is 0 Å². The molecule has 2 heteroatoms. The molecule has 0 spiro atoms. The van der Waals surface area contributed by atoms with Crippen LogP contribution in [0.1, 0.15) is 5.56 Å². The fourth-order valence-electron chi connectivity index (χ4n) is 1.76. The second-order valence-corrected chi connectivity index (χ2v) is 4.20. The Morgan fingerprint density at radius 2 is 1.78 bits per heavy atom. The molecule has 0 saturated carbocycles. The van der Waals surface area contributed by atoms with Crippen LogP contribution in [0.2, 0.25) is 0 Å². The molecule has 0 aliphatic heterocycles. The number of nitrogen functional groups attached to an aromatic ring is 1. The summed E-state index contributed by atoms with van der Waals surface area (Å²) in [7, 11) is 0. The van der Waals surface area contributed by atoms with Crippen molar-refractivity contribution in [3.63, 3.8) is 0 Å². The molecule has 2 rings (SSSR count). The van der Waals surface area contributed by atoms with Crippen molar-refractivity contribution in [2.24, 2.45) is 0 Å². The van der Waals surface area contributed by atoms with Crippen molar-refractivity contribution in [3.05, 3.63) is 60.7 Å². The molecule has 0 bridgehead atoms. The first kappa shape index (κ1) is 12.2. The molecule has 0 amide bonds. The van der Waals surface area contributed by atoms with Crippen LogP contribution in [0.4, 0.5) is 5.69 Å². The molecule has 0 radical (unpaired) electrons. The van der Waals surface area contributed by atoms with Crippen LogP contribution in [0.5, 0.6) is 5.75 Å². The van der Waals surface area contributed by atoms with Crippen molar-refractivity contribution in [1.82, 2.24) is 0 Å². The van der Waals surface area contributed by atoms with E-state index in [9.17, 15) is 0 Å². The second-order valence-electron chi connectivity index (χ2n) is 4.20. The van der Waals surface area contributed by atoms with Crippen LogP contribution in [0, 0.1) is 6.92 Å². The molecule has 2 aromatic carbocycles. The van der Waals surface area contributed by atoms with Gasteiger partial charge >= 0.3 is 0 Å². The summed E-state index contributed by atoms with van der Waals surface area (Å²) >= 11 is 0. The summed E-state index contributed by atoms with van der Waals surface area (Å²) < 4.78 is 5.63. The van der Waals surface area contributed by atoms with Gasteiger partial charge in [0.1, 0.15) is 12.4 Å². The first-order valence-electron chi connectivity index (χ1n) is 5.91. The molecular formula is C16H17NO. The van der Waals surface area contributed by atoms with E-state index in [-0.39, 0.29) is 0 Å². The summed E-state index contributed by atoms with van der Waals surface area (Å²) in [6, 6.07) is 14.0. The van der Waals surface area contributed by atoms with Crippen LogP contribution in [-0.4, -0.2) is 6.61 Å². The van der Waals surface area contributed by atoms with Gasteiger partial charge in [0.25, 0.3) is 0 Å². The number of hydrogen-bond donors (Lipinski definition) is 1. The molecule has 0 fully saturated rings. The molecule has 2 aromatic rings. The first-order chi connectivity index (χ1) is 8.70. The summed E-state index contributed by atoms with van der Waals surface area (Å²) in [6.45, 7) is 6.21. The van der Waals surface area contributed by atoms with Gasteiger partial charge in [0, 0.05) is 5.69 Å². The summed E-state index contributed by atoms with van der Waals surface area (Å²) in [5.41, 5.74) is 9.84. The molecule has 92 valence electrons. The maximum atomic E-state index is 5.69. The van der Waals surface area contributed by atoms with E-state index in [0.29, 0.717) is 6.61 Å². The van der Waals surface area contributed by atoms with Gasteiger partial charge in [-0.1, -0.05) is 36.9 Å². The van der Waals surface area contributed by atoms with Gasteiger partial charge in [0.2, 0.25) is 0 Å². The molecule has 2 N–H and O–H groups in total. The molecular weight excluding hydrogens is 222 g/mol. The monoisotopic (exact) mass is 239 g/mol. The van der Waals surface area contributed by atoms with Crippen molar-refractivity contribution in [3.8, 4) is 16.9 Å². The standard InChI is InChI=1S/C16H17NO/c1-3-10-18-16-11-14(5-4-12(16)2)13-6-8-15(17)9-7-13/h3-9,11H,1,10,17H2,2H3. The van der Waals surface area contributed by atoms with Crippen molar-refractivity contribution in [1.29, 1.82) is 0 Å². The van der Waals surface area contributed by atoms with Crippen LogP contribution in [0.15, 0.2) is 55.1 Å². The molecule has 18 heavy (non-hydrogen) atoms. The Morgan fingerprint density at radius 1 is 1.11 bits per heavy atom. The number of aryl methyl sites for hydroxylation is 1. The lowest BCUT2D eigenvalue weighted by Crippen LogP contribution is -1.95. The zero-order valence-electron chi connectivity index (χ0n) is 10.5. The maximum absolute atomic E-state index is 5.69. The van der Waals surface area contributed by atoms with E-state index in [4.69, 9.17) is 10.5 Å². The van der Waals surface area contributed by atoms with Crippen molar-refractivity contribution in [2.45, 2.75) is 6.92 Å². The SMILES string of the molecule is C=CCOc1cc(-c2ccc(N)cc2)ccc1C. The first-order valence-corrected chi connectivity index (χ1v) is 5.91. The normalized spacial score (nSPS) is 10.1. The number of nitrogens with two attached hydrogens (primary N) is 1. The topological polar surface area (TPSA) is 35.2 Å². The highest BCUT2D eigenvalue weighted by atomic mass is 16.5. The minimum Gasteiger partial charge on any atom is -0.489 e. The Hall–Kier alpha value is -2.22. The van der Waals surface area contributed by atoms with Gasteiger partial charge < -0.3 is 10.5 Å². The molecule has 0 saturated heterocycles. The third-order valence-electron chi connectivity index (χ3n) is 2.79. The Morgan fingerprint density at radius 3 is 2.44 bits per heavy atom. The minimum atomic E-state index is 0.520. The Balaban J connectivity index is 2.33. The van der Waals surface area contributed by atoms with E-state index in [1.165, 1.54) is 0 Å². The minimum absolute atomic E-state index is 0.520. The molecule has 0 unspecified atom stereocenters. The van der Waals surface area contributed by atoms with E-state index in [0.717, 1.165) is 28.1 Å². The van der Waals surface area contributed by atoms with E-state index in [2.05, 4.69) is 18.7 Å². The van der Waals surface area contributed by atoms with Crippen molar-refractivity contribution >= 4 is 5.69 Å². The Kier molecular flexibility index (Phi) is 3.68. The number of ether oxygens (including phenoxy) is 1. The summed E-state index contributed by atoms with van der Waals surface area (Å²) in [6.07, 6.45) is 1.75. The molecule has 0 atom stereocenters. The highest BCUT2D eigenvalue weighted by Crippen LogP contribution is 2.27. The lowest BCUT2D eigenvalue weighted by Gasteiger charge is -2.10. The number of rotatable bonds is 4. The second kappa shape index (κ2) is 5.41. The van der Waals surface area contributed by atoms with Gasteiger partial charge in [0.15, 0.2) is 0 Å². The average Bonchev–Trinajstić information content (AvgIpc) is 2.39. The molecule has 2 nitrogen and oxygen atoms in total. The van der Waals surface area contributed by atoms with Crippen LogP contribution in [-0.2, 0) is 0 Å². The van der Waals surface area contributed by atoms with Gasteiger partial charge in [0.05, 0.1) is 0 Å². The zero-order valence-corrected chi connectivity index (χ0v) is 10.5. The quantitative estimate of drug-likeness (QED) is 0.650. The van der Waals surface area contributed by atoms with Crippen LogP contribution < -0.4 is 10.5 Å². The Labute approximate surface area is 108 Å². The van der Waals surface area contributed by atoms with E-state index in [1.54, 1.807) is 6.08 Å². The van der Waals surface area contributed by atoms with Crippen LogP contribution >= 0.6 is 0 Å². The number of anilines is 1. The predicted octanol–water partition coefficient (Wildman–Crippen LogP) is 3.81. The Bertz CT molecular complexity index is 544. The van der Waals surface area contributed by atoms with E-state index < -0.39 is 0 Å². The number of benzene rings is 2. The molecule has 0 heterocycles. The summed E-state index contributed by atoms with van der Waals surface area (Å²) in [5, 5.41) is 0. The predicted molar refractivity (Wildman–Crippen MR) is 76.7 cm³/mol. The fourth-order valence-corrected chi connectivity index (χ4v) is 1.76. The largest absolute Gasteiger partial charge is 0.489 e. The number of hydrogen-bond acceptors (Lipinski definition) is 2. The lowest BCUT2D eigenvalue weighted by atomic mass is 10.0.